The standard InChI is InChI=1S/C23H20N4O4S/c1-15-3-4-17(16-9-11-25-12-10-16)13-20(15)22-14-21(23(28)31-2)26-27(22)18-5-7-19(8-6-18)32(24,29)30/h3-14H,1-2H3,(H2,24,29,30). The lowest BCUT2D eigenvalue weighted by atomic mass is 9.98. The molecule has 9 heteroatoms. The van der Waals surface area contributed by atoms with Crippen LogP contribution in [0.25, 0.3) is 28.1 Å². The van der Waals surface area contributed by atoms with Crippen molar-refractivity contribution in [2.24, 2.45) is 5.14 Å². The molecular formula is C23H20N4O4S. The van der Waals surface area contributed by atoms with Gasteiger partial charge < -0.3 is 4.74 Å². The average Bonchev–Trinajstić information content (AvgIpc) is 3.24. The first-order valence-corrected chi connectivity index (χ1v) is 11.2. The number of carbonyl (C=O) groups excluding carboxylic acids is 1. The number of esters is 1. The van der Waals surface area contributed by atoms with Gasteiger partial charge in [-0.2, -0.15) is 5.10 Å². The number of aromatic nitrogens is 3. The molecule has 0 atom stereocenters. The molecular weight excluding hydrogens is 428 g/mol. The summed E-state index contributed by atoms with van der Waals surface area (Å²) in [6, 6.07) is 17.5. The van der Waals surface area contributed by atoms with Gasteiger partial charge in [0.05, 0.1) is 23.4 Å². The van der Waals surface area contributed by atoms with E-state index in [1.807, 2.05) is 37.3 Å². The Morgan fingerprint density at radius 1 is 0.969 bits per heavy atom. The number of hydrogen-bond acceptors (Lipinski definition) is 6. The summed E-state index contributed by atoms with van der Waals surface area (Å²) in [5, 5.41) is 9.62. The first-order valence-electron chi connectivity index (χ1n) is 9.61. The van der Waals surface area contributed by atoms with E-state index in [-0.39, 0.29) is 10.6 Å². The first kappa shape index (κ1) is 21.4. The predicted octanol–water partition coefficient (Wildman–Crippen LogP) is 3.34. The summed E-state index contributed by atoms with van der Waals surface area (Å²) in [7, 11) is -2.54. The van der Waals surface area contributed by atoms with E-state index in [0.717, 1.165) is 22.3 Å². The number of pyridine rings is 1. The number of hydrogen-bond donors (Lipinski definition) is 1. The maximum absolute atomic E-state index is 12.2. The van der Waals surface area contributed by atoms with Crippen molar-refractivity contribution in [2.45, 2.75) is 11.8 Å². The van der Waals surface area contributed by atoms with Crippen molar-refractivity contribution in [2.75, 3.05) is 7.11 Å². The first-order chi connectivity index (χ1) is 15.3. The number of nitrogens with zero attached hydrogens (tertiary/aromatic N) is 3. The monoisotopic (exact) mass is 448 g/mol. The molecule has 0 spiro atoms. The second-order valence-corrected chi connectivity index (χ2v) is 8.68. The summed E-state index contributed by atoms with van der Waals surface area (Å²) in [4.78, 5) is 16.2. The van der Waals surface area contributed by atoms with Crippen molar-refractivity contribution in [3.8, 4) is 28.1 Å². The third-order valence-corrected chi connectivity index (χ3v) is 5.97. The Morgan fingerprint density at radius 2 is 1.66 bits per heavy atom. The molecule has 0 unspecified atom stereocenters. The number of sulfonamides is 1. The smallest absolute Gasteiger partial charge is 0.358 e. The van der Waals surface area contributed by atoms with Crippen LogP contribution in [0.5, 0.6) is 0 Å². The molecule has 0 aliphatic carbocycles. The quantitative estimate of drug-likeness (QED) is 0.468. The highest BCUT2D eigenvalue weighted by molar-refractivity contribution is 7.89. The van der Waals surface area contributed by atoms with E-state index in [0.29, 0.717) is 11.4 Å². The molecule has 0 bridgehead atoms. The Morgan fingerprint density at radius 3 is 2.28 bits per heavy atom. The van der Waals surface area contributed by atoms with E-state index in [1.165, 1.54) is 19.2 Å². The van der Waals surface area contributed by atoms with Gasteiger partial charge in [-0.1, -0.05) is 12.1 Å². The normalized spacial score (nSPS) is 11.3. The number of aryl methyl sites for hydroxylation is 1. The van der Waals surface area contributed by atoms with Crippen LogP contribution in [0.1, 0.15) is 16.1 Å². The Labute approximate surface area is 185 Å². The number of primary sulfonamides is 1. The average molecular weight is 449 g/mol. The maximum Gasteiger partial charge on any atom is 0.358 e. The van der Waals surface area contributed by atoms with Gasteiger partial charge in [0.15, 0.2) is 5.69 Å². The van der Waals surface area contributed by atoms with Gasteiger partial charge in [0.2, 0.25) is 10.0 Å². The van der Waals surface area contributed by atoms with Crippen LogP contribution in [0, 0.1) is 6.92 Å². The van der Waals surface area contributed by atoms with Crippen LogP contribution in [0.3, 0.4) is 0 Å². The zero-order chi connectivity index (χ0) is 22.9. The molecule has 0 aliphatic heterocycles. The van der Waals surface area contributed by atoms with Crippen LogP contribution in [0.4, 0.5) is 0 Å². The van der Waals surface area contributed by atoms with Gasteiger partial charge >= 0.3 is 5.97 Å². The van der Waals surface area contributed by atoms with Crippen LogP contribution in [-0.2, 0) is 14.8 Å². The SMILES string of the molecule is COC(=O)c1cc(-c2cc(-c3ccncc3)ccc2C)n(-c2ccc(S(N)(=O)=O)cc2)n1. The third-order valence-electron chi connectivity index (χ3n) is 5.04. The minimum Gasteiger partial charge on any atom is -0.464 e. The van der Waals surface area contributed by atoms with Gasteiger partial charge in [-0.15, -0.1) is 0 Å². The fourth-order valence-electron chi connectivity index (χ4n) is 3.37. The lowest BCUT2D eigenvalue weighted by Gasteiger charge is -2.12. The molecule has 4 rings (SSSR count). The van der Waals surface area contributed by atoms with Gasteiger partial charge in [0.1, 0.15) is 0 Å². The predicted molar refractivity (Wildman–Crippen MR) is 120 cm³/mol. The van der Waals surface area contributed by atoms with Gasteiger partial charge in [-0.3, -0.25) is 4.98 Å². The molecule has 2 heterocycles. The number of benzene rings is 2. The summed E-state index contributed by atoms with van der Waals surface area (Å²) in [6.45, 7) is 1.96. The van der Waals surface area contributed by atoms with Crippen LogP contribution < -0.4 is 5.14 Å². The zero-order valence-corrected chi connectivity index (χ0v) is 18.2. The molecule has 8 nitrogen and oxygen atoms in total. The van der Waals surface area contributed by atoms with E-state index in [9.17, 15) is 13.2 Å². The Balaban J connectivity index is 1.89. The summed E-state index contributed by atoms with van der Waals surface area (Å²) < 4.78 is 29.6. The summed E-state index contributed by atoms with van der Waals surface area (Å²) >= 11 is 0. The molecule has 32 heavy (non-hydrogen) atoms. The van der Waals surface area contributed by atoms with E-state index < -0.39 is 16.0 Å². The van der Waals surface area contributed by atoms with Crippen LogP contribution in [-0.4, -0.2) is 36.3 Å². The van der Waals surface area contributed by atoms with Crippen molar-refractivity contribution in [3.63, 3.8) is 0 Å². The van der Waals surface area contributed by atoms with E-state index in [4.69, 9.17) is 9.88 Å². The fourth-order valence-corrected chi connectivity index (χ4v) is 3.89. The fraction of sp³-hybridized carbons (Fsp3) is 0.0870. The van der Waals surface area contributed by atoms with E-state index >= 15 is 0 Å². The van der Waals surface area contributed by atoms with E-state index in [1.54, 1.807) is 35.3 Å². The maximum atomic E-state index is 12.2. The Bertz CT molecular complexity index is 1400. The molecule has 0 amide bonds. The highest BCUT2D eigenvalue weighted by Crippen LogP contribution is 2.31. The van der Waals surface area contributed by atoms with Gasteiger partial charge in [0.25, 0.3) is 0 Å². The topological polar surface area (TPSA) is 117 Å². The number of rotatable bonds is 5. The zero-order valence-electron chi connectivity index (χ0n) is 17.4. The molecule has 0 fully saturated rings. The molecule has 4 aromatic rings. The molecule has 0 saturated carbocycles. The molecule has 2 N–H and O–H groups in total. The number of carbonyl (C=O) groups is 1. The molecule has 0 radical (unpaired) electrons. The number of nitrogens with two attached hydrogens (primary N) is 1. The van der Waals surface area contributed by atoms with Crippen LogP contribution in [0.2, 0.25) is 0 Å². The summed E-state index contributed by atoms with van der Waals surface area (Å²) in [6.07, 6.45) is 3.45. The highest BCUT2D eigenvalue weighted by atomic mass is 32.2. The van der Waals surface area contributed by atoms with Crippen molar-refractivity contribution in [1.29, 1.82) is 0 Å². The van der Waals surface area contributed by atoms with Crippen molar-refractivity contribution < 1.29 is 17.9 Å². The molecule has 2 aromatic carbocycles. The van der Waals surface area contributed by atoms with Gasteiger partial charge in [-0.25, -0.2) is 23.0 Å². The lowest BCUT2D eigenvalue weighted by molar-refractivity contribution is 0.0593. The van der Waals surface area contributed by atoms with Crippen molar-refractivity contribution in [3.05, 3.63) is 84.3 Å². The Hall–Kier alpha value is -3.82. The van der Waals surface area contributed by atoms with Crippen LogP contribution in [0.15, 0.2) is 78.0 Å². The minimum atomic E-state index is -3.83. The Kier molecular flexibility index (Phi) is 5.60. The van der Waals surface area contributed by atoms with Crippen LogP contribution >= 0.6 is 0 Å². The van der Waals surface area contributed by atoms with Gasteiger partial charge in [-0.05, 0) is 72.1 Å². The summed E-state index contributed by atoms with van der Waals surface area (Å²) in [5.41, 5.74) is 5.16. The lowest BCUT2D eigenvalue weighted by Crippen LogP contribution is -2.12. The molecule has 162 valence electrons. The molecule has 2 aromatic heterocycles. The van der Waals surface area contributed by atoms with Crippen molar-refractivity contribution in [1.82, 2.24) is 14.8 Å². The molecule has 0 saturated heterocycles. The number of methoxy groups -OCH3 is 1. The third kappa shape index (κ3) is 4.16. The molecule has 0 aliphatic rings. The highest BCUT2D eigenvalue weighted by Gasteiger charge is 2.19. The number of ether oxygens (including phenoxy) is 1. The van der Waals surface area contributed by atoms with Crippen molar-refractivity contribution >= 4 is 16.0 Å². The van der Waals surface area contributed by atoms with E-state index in [2.05, 4.69) is 10.1 Å². The minimum absolute atomic E-state index is 0.0148. The van der Waals surface area contributed by atoms with Gasteiger partial charge in [0, 0.05) is 18.0 Å². The largest absolute Gasteiger partial charge is 0.464 e. The summed E-state index contributed by atoms with van der Waals surface area (Å²) in [5.74, 6) is -0.575. The second-order valence-electron chi connectivity index (χ2n) is 7.12. The second kappa shape index (κ2) is 8.37.